The molecule has 0 radical (unpaired) electrons. The molecule has 0 fully saturated rings. The summed E-state index contributed by atoms with van der Waals surface area (Å²) in [6, 6.07) is 82.2. The van der Waals surface area contributed by atoms with Gasteiger partial charge in [0.1, 0.15) is 5.58 Å². The first-order chi connectivity index (χ1) is 29.3. The Bertz CT molecular complexity index is 3240. The van der Waals surface area contributed by atoms with Crippen molar-refractivity contribution in [3.8, 4) is 22.3 Å². The van der Waals surface area contributed by atoms with Crippen molar-refractivity contribution in [2.24, 2.45) is 0 Å². The highest BCUT2D eigenvalue weighted by molar-refractivity contribution is 6.22. The van der Waals surface area contributed by atoms with Crippen molar-refractivity contribution in [2.45, 2.75) is 0 Å². The standard InChI is InChI=1S/C56H38N2O/c1-4-15-39(16-5-1)40-27-32-47(33-28-40)58(45-22-8-3-9-23-45)53-38-48(37-52-55-51-25-13-11-18-42(51)31-36-54(55)59-56(52)53)57(44-20-6-2-7-21-44)46-34-29-43(30-35-46)50-26-14-19-41-17-10-12-24-49(41)50/h1-38H. The molecule has 3 nitrogen and oxygen atoms in total. The molecule has 10 aromatic carbocycles. The van der Waals surface area contributed by atoms with Gasteiger partial charge in [-0.2, -0.15) is 0 Å². The molecule has 278 valence electrons. The highest BCUT2D eigenvalue weighted by Gasteiger charge is 2.24. The number of anilines is 6. The van der Waals surface area contributed by atoms with Crippen LogP contribution in [0.3, 0.4) is 0 Å². The van der Waals surface area contributed by atoms with E-state index in [2.05, 4.69) is 240 Å². The van der Waals surface area contributed by atoms with Crippen molar-refractivity contribution in [3.05, 3.63) is 231 Å². The van der Waals surface area contributed by atoms with Gasteiger partial charge in [0.25, 0.3) is 0 Å². The zero-order chi connectivity index (χ0) is 39.1. The molecule has 0 atom stereocenters. The Morgan fingerprint density at radius 2 is 0.814 bits per heavy atom. The highest BCUT2D eigenvalue weighted by Crippen LogP contribution is 2.48. The lowest BCUT2D eigenvalue weighted by Gasteiger charge is -2.30. The summed E-state index contributed by atoms with van der Waals surface area (Å²) in [6.07, 6.45) is 0. The molecular weight excluding hydrogens is 717 g/mol. The van der Waals surface area contributed by atoms with Crippen LogP contribution in [-0.2, 0) is 0 Å². The quantitative estimate of drug-likeness (QED) is 0.154. The van der Waals surface area contributed by atoms with E-state index in [0.29, 0.717) is 0 Å². The van der Waals surface area contributed by atoms with Crippen LogP contribution in [0.1, 0.15) is 0 Å². The third-order valence-corrected chi connectivity index (χ3v) is 11.4. The Kier molecular flexibility index (Phi) is 8.49. The van der Waals surface area contributed by atoms with Crippen LogP contribution in [0.5, 0.6) is 0 Å². The van der Waals surface area contributed by atoms with Gasteiger partial charge >= 0.3 is 0 Å². The zero-order valence-electron chi connectivity index (χ0n) is 32.2. The van der Waals surface area contributed by atoms with Gasteiger partial charge in [0.05, 0.1) is 5.69 Å². The predicted molar refractivity (Wildman–Crippen MR) is 249 cm³/mol. The average molecular weight is 755 g/mol. The van der Waals surface area contributed by atoms with Gasteiger partial charge in [-0.15, -0.1) is 0 Å². The normalized spacial score (nSPS) is 11.4. The minimum absolute atomic E-state index is 0.829. The summed E-state index contributed by atoms with van der Waals surface area (Å²) in [5, 5.41) is 6.98. The molecule has 11 aromatic rings. The summed E-state index contributed by atoms with van der Waals surface area (Å²) < 4.78 is 6.99. The summed E-state index contributed by atoms with van der Waals surface area (Å²) >= 11 is 0. The summed E-state index contributed by atoms with van der Waals surface area (Å²) in [5.74, 6) is 0. The van der Waals surface area contributed by atoms with Crippen LogP contribution < -0.4 is 9.80 Å². The number of benzene rings is 10. The van der Waals surface area contributed by atoms with Crippen LogP contribution in [0.15, 0.2) is 235 Å². The molecule has 1 aromatic heterocycles. The van der Waals surface area contributed by atoms with Gasteiger partial charge in [-0.1, -0.05) is 164 Å². The molecule has 1 heterocycles. The van der Waals surface area contributed by atoms with E-state index in [1.165, 1.54) is 38.4 Å². The molecule has 3 heteroatoms. The summed E-state index contributed by atoms with van der Waals surface area (Å²) in [4.78, 5) is 4.69. The second-order valence-electron chi connectivity index (χ2n) is 14.9. The molecule has 0 aliphatic heterocycles. The number of nitrogens with zero attached hydrogens (tertiary/aromatic N) is 2. The van der Waals surface area contributed by atoms with Crippen molar-refractivity contribution in [2.75, 3.05) is 9.80 Å². The molecule has 0 amide bonds. The Labute approximate surface area is 343 Å². The molecule has 0 saturated carbocycles. The summed E-state index contributed by atoms with van der Waals surface area (Å²) in [5.41, 5.74) is 12.6. The predicted octanol–water partition coefficient (Wildman–Crippen LogP) is 16.2. The Morgan fingerprint density at radius 3 is 1.51 bits per heavy atom. The zero-order valence-corrected chi connectivity index (χ0v) is 32.2. The maximum Gasteiger partial charge on any atom is 0.159 e. The van der Waals surface area contributed by atoms with Crippen molar-refractivity contribution in [1.29, 1.82) is 0 Å². The lowest BCUT2D eigenvalue weighted by Crippen LogP contribution is -2.13. The molecule has 11 rings (SSSR count). The number of rotatable bonds is 8. The minimum atomic E-state index is 0.829. The molecular formula is C56H38N2O. The maximum atomic E-state index is 6.99. The molecule has 59 heavy (non-hydrogen) atoms. The third-order valence-electron chi connectivity index (χ3n) is 11.4. The van der Waals surface area contributed by atoms with Gasteiger partial charge < -0.3 is 14.2 Å². The average Bonchev–Trinajstić information content (AvgIpc) is 3.70. The van der Waals surface area contributed by atoms with E-state index in [-0.39, 0.29) is 0 Å². The van der Waals surface area contributed by atoms with Crippen molar-refractivity contribution < 1.29 is 4.42 Å². The van der Waals surface area contributed by atoms with Crippen LogP contribution in [0.2, 0.25) is 0 Å². The maximum absolute atomic E-state index is 6.99. The van der Waals surface area contributed by atoms with Crippen LogP contribution in [0, 0.1) is 0 Å². The number of hydrogen-bond donors (Lipinski definition) is 0. The Hall–Kier alpha value is -7.88. The Balaban J connectivity index is 1.16. The number of fused-ring (bicyclic) bond motifs is 6. The van der Waals surface area contributed by atoms with Gasteiger partial charge in [-0.3, -0.25) is 0 Å². The SMILES string of the molecule is c1ccc(-c2ccc(N(c3ccccc3)c3cc(N(c4ccccc4)c4ccc(-c5cccc6ccccc56)cc4)cc4c3oc3ccc5ccccc5c34)cc2)cc1. The molecule has 0 spiro atoms. The molecule has 0 N–H and O–H groups in total. The molecule has 0 bridgehead atoms. The number of furan rings is 1. The van der Waals surface area contributed by atoms with Crippen LogP contribution in [0.25, 0.3) is 65.7 Å². The first-order valence-electron chi connectivity index (χ1n) is 20.1. The smallest absolute Gasteiger partial charge is 0.159 e. The lowest BCUT2D eigenvalue weighted by molar-refractivity contribution is 0.669. The van der Waals surface area contributed by atoms with E-state index < -0.39 is 0 Å². The highest BCUT2D eigenvalue weighted by atomic mass is 16.3. The van der Waals surface area contributed by atoms with Crippen LogP contribution >= 0.6 is 0 Å². The number of hydrogen-bond acceptors (Lipinski definition) is 3. The number of para-hydroxylation sites is 2. The molecule has 0 aliphatic rings. The van der Waals surface area contributed by atoms with E-state index >= 15 is 0 Å². The van der Waals surface area contributed by atoms with Gasteiger partial charge in [0.2, 0.25) is 0 Å². The van der Waals surface area contributed by atoms with E-state index in [4.69, 9.17) is 4.42 Å². The monoisotopic (exact) mass is 754 g/mol. The van der Waals surface area contributed by atoms with Gasteiger partial charge in [0.15, 0.2) is 5.58 Å². The largest absolute Gasteiger partial charge is 0.454 e. The van der Waals surface area contributed by atoms with Crippen molar-refractivity contribution in [3.63, 3.8) is 0 Å². The van der Waals surface area contributed by atoms with Crippen molar-refractivity contribution >= 4 is 77.6 Å². The van der Waals surface area contributed by atoms with Crippen LogP contribution in [0.4, 0.5) is 34.1 Å². The van der Waals surface area contributed by atoms with Crippen LogP contribution in [-0.4, -0.2) is 0 Å². The fraction of sp³-hybridized carbons (Fsp3) is 0. The molecule has 0 aliphatic carbocycles. The Morgan fingerprint density at radius 1 is 0.305 bits per heavy atom. The second-order valence-corrected chi connectivity index (χ2v) is 14.9. The fourth-order valence-electron chi connectivity index (χ4n) is 8.64. The topological polar surface area (TPSA) is 19.6 Å². The van der Waals surface area contributed by atoms with Gasteiger partial charge in [-0.25, -0.2) is 0 Å². The first-order valence-corrected chi connectivity index (χ1v) is 20.1. The van der Waals surface area contributed by atoms with Gasteiger partial charge in [-0.05, 0) is 111 Å². The van der Waals surface area contributed by atoms with E-state index in [1.807, 2.05) is 0 Å². The summed E-state index contributed by atoms with van der Waals surface area (Å²) in [6.45, 7) is 0. The second kappa shape index (κ2) is 14.6. The molecule has 0 unspecified atom stereocenters. The van der Waals surface area contributed by atoms with E-state index in [0.717, 1.165) is 61.4 Å². The minimum Gasteiger partial charge on any atom is -0.454 e. The van der Waals surface area contributed by atoms with E-state index in [9.17, 15) is 0 Å². The first kappa shape index (κ1) is 34.4. The lowest BCUT2D eigenvalue weighted by atomic mass is 9.98. The van der Waals surface area contributed by atoms with E-state index in [1.54, 1.807) is 0 Å². The fourth-order valence-corrected chi connectivity index (χ4v) is 8.64. The summed E-state index contributed by atoms with van der Waals surface area (Å²) in [7, 11) is 0. The molecule has 0 saturated heterocycles. The van der Waals surface area contributed by atoms with Crippen molar-refractivity contribution in [1.82, 2.24) is 0 Å². The third kappa shape index (κ3) is 6.17. The van der Waals surface area contributed by atoms with Gasteiger partial charge in [0, 0.05) is 39.2 Å².